The Labute approximate surface area is 147 Å². The summed E-state index contributed by atoms with van der Waals surface area (Å²) in [6.45, 7) is 2.91. The molecule has 1 atom stereocenters. The Hall–Kier alpha value is -2.55. The second-order valence-electron chi connectivity index (χ2n) is 7.43. The number of rotatable bonds is 2. The average Bonchev–Trinajstić information content (AvgIpc) is 3.42. The van der Waals surface area contributed by atoms with E-state index in [1.54, 1.807) is 0 Å². The van der Waals surface area contributed by atoms with Crippen molar-refractivity contribution in [3.63, 3.8) is 0 Å². The summed E-state index contributed by atoms with van der Waals surface area (Å²) in [5.41, 5.74) is 6.19. The summed E-state index contributed by atoms with van der Waals surface area (Å²) in [4.78, 5) is 18.7. The molecular weight excluding hydrogens is 308 g/mol. The van der Waals surface area contributed by atoms with Gasteiger partial charge in [-0.25, -0.2) is 0 Å². The fourth-order valence-corrected chi connectivity index (χ4v) is 4.14. The van der Waals surface area contributed by atoms with Gasteiger partial charge in [0.1, 0.15) is 0 Å². The van der Waals surface area contributed by atoms with Crippen LogP contribution in [0.4, 0.5) is 0 Å². The Morgan fingerprint density at radius 3 is 2.60 bits per heavy atom. The van der Waals surface area contributed by atoms with Crippen molar-refractivity contribution in [1.82, 2.24) is 9.88 Å². The maximum absolute atomic E-state index is 12.9. The third-order valence-electron chi connectivity index (χ3n) is 5.64. The minimum atomic E-state index is 0.00449. The lowest BCUT2D eigenvalue weighted by Crippen LogP contribution is -2.41. The van der Waals surface area contributed by atoms with Crippen molar-refractivity contribution in [2.45, 2.75) is 32.2 Å². The van der Waals surface area contributed by atoms with Crippen molar-refractivity contribution in [3.05, 3.63) is 70.9 Å². The predicted octanol–water partition coefficient (Wildman–Crippen LogP) is 4.36. The van der Waals surface area contributed by atoms with Crippen molar-refractivity contribution in [1.29, 1.82) is 0 Å². The highest BCUT2D eigenvalue weighted by Crippen LogP contribution is 2.41. The van der Waals surface area contributed by atoms with E-state index in [2.05, 4.69) is 65.3 Å². The first kappa shape index (κ1) is 14.8. The molecule has 1 aliphatic heterocycles. The van der Waals surface area contributed by atoms with Crippen molar-refractivity contribution >= 4 is 16.8 Å². The third-order valence-corrected chi connectivity index (χ3v) is 5.64. The van der Waals surface area contributed by atoms with Crippen LogP contribution in [0.1, 0.15) is 41.3 Å². The number of nitrogens with zero attached hydrogens (tertiary/aromatic N) is 1. The number of aromatic amines is 1. The quantitative estimate of drug-likeness (QED) is 0.744. The zero-order valence-electron chi connectivity index (χ0n) is 14.5. The van der Waals surface area contributed by atoms with Gasteiger partial charge >= 0.3 is 0 Å². The lowest BCUT2D eigenvalue weighted by molar-refractivity contribution is -0.134. The van der Waals surface area contributed by atoms with E-state index in [9.17, 15) is 4.79 Å². The van der Waals surface area contributed by atoms with E-state index in [1.165, 1.54) is 33.3 Å². The highest BCUT2D eigenvalue weighted by atomic mass is 16.2. The zero-order chi connectivity index (χ0) is 17.0. The molecule has 2 aliphatic rings. The third kappa shape index (κ3) is 2.38. The van der Waals surface area contributed by atoms with Crippen LogP contribution in [0.15, 0.2) is 48.5 Å². The number of amides is 1. The van der Waals surface area contributed by atoms with Gasteiger partial charge in [0, 0.05) is 29.1 Å². The van der Waals surface area contributed by atoms with Crippen LogP contribution in [0.3, 0.4) is 0 Å². The second-order valence-corrected chi connectivity index (χ2v) is 7.43. The van der Waals surface area contributed by atoms with Gasteiger partial charge in [-0.3, -0.25) is 4.79 Å². The van der Waals surface area contributed by atoms with E-state index in [0.717, 1.165) is 25.8 Å². The molecule has 126 valence electrons. The molecule has 0 bridgehead atoms. The van der Waals surface area contributed by atoms with Crippen LogP contribution in [-0.4, -0.2) is 22.3 Å². The molecule has 0 radical (unpaired) electrons. The van der Waals surface area contributed by atoms with Crippen LogP contribution in [0.25, 0.3) is 10.9 Å². The standard InChI is InChI=1S/C22H22N2O/c1-14-6-8-15(9-7-14)21-20-18(17-4-2-3-5-19(17)23-20)12-13-24(21)22(25)16-10-11-16/h2-9,16,21,23H,10-13H2,1H3/t21-/m1/s1. The number of hydrogen-bond donors (Lipinski definition) is 1. The first-order valence-electron chi connectivity index (χ1n) is 9.19. The van der Waals surface area contributed by atoms with Crippen LogP contribution in [0, 0.1) is 12.8 Å². The molecule has 3 nitrogen and oxygen atoms in total. The van der Waals surface area contributed by atoms with Crippen molar-refractivity contribution in [2.24, 2.45) is 5.92 Å². The largest absolute Gasteiger partial charge is 0.356 e. The van der Waals surface area contributed by atoms with E-state index < -0.39 is 0 Å². The highest BCUT2D eigenvalue weighted by Gasteiger charge is 2.40. The molecule has 2 heterocycles. The molecule has 25 heavy (non-hydrogen) atoms. The Morgan fingerprint density at radius 1 is 1.08 bits per heavy atom. The van der Waals surface area contributed by atoms with E-state index in [1.807, 2.05) is 0 Å². The van der Waals surface area contributed by atoms with Crippen molar-refractivity contribution in [2.75, 3.05) is 6.54 Å². The van der Waals surface area contributed by atoms with Gasteiger partial charge in [0.15, 0.2) is 0 Å². The molecule has 3 heteroatoms. The summed E-state index contributed by atoms with van der Waals surface area (Å²) >= 11 is 0. The van der Waals surface area contributed by atoms with Gasteiger partial charge in [0.25, 0.3) is 0 Å². The minimum Gasteiger partial charge on any atom is -0.356 e. The van der Waals surface area contributed by atoms with Crippen molar-refractivity contribution < 1.29 is 4.79 Å². The molecule has 1 N–H and O–H groups in total. The number of hydrogen-bond acceptors (Lipinski definition) is 1. The molecule has 0 saturated heterocycles. The van der Waals surface area contributed by atoms with Crippen LogP contribution in [0.2, 0.25) is 0 Å². The molecule has 2 aromatic carbocycles. The molecule has 0 unspecified atom stereocenters. The molecule has 1 saturated carbocycles. The topological polar surface area (TPSA) is 36.1 Å². The van der Waals surface area contributed by atoms with Crippen molar-refractivity contribution in [3.8, 4) is 0 Å². The van der Waals surface area contributed by atoms with Gasteiger partial charge < -0.3 is 9.88 Å². The number of benzene rings is 2. The van der Waals surface area contributed by atoms with Gasteiger partial charge in [-0.2, -0.15) is 0 Å². The monoisotopic (exact) mass is 330 g/mol. The van der Waals surface area contributed by atoms with Gasteiger partial charge in [0.2, 0.25) is 5.91 Å². The number of para-hydroxylation sites is 1. The van der Waals surface area contributed by atoms with E-state index in [0.29, 0.717) is 5.91 Å². The van der Waals surface area contributed by atoms with E-state index in [4.69, 9.17) is 0 Å². The Balaban J connectivity index is 1.68. The van der Waals surface area contributed by atoms with E-state index in [-0.39, 0.29) is 12.0 Å². The van der Waals surface area contributed by atoms with Gasteiger partial charge in [-0.15, -0.1) is 0 Å². The summed E-state index contributed by atoms with van der Waals surface area (Å²) in [7, 11) is 0. The maximum Gasteiger partial charge on any atom is 0.226 e. The summed E-state index contributed by atoms with van der Waals surface area (Å²) < 4.78 is 0. The number of aryl methyl sites for hydroxylation is 1. The highest BCUT2D eigenvalue weighted by molar-refractivity contribution is 5.87. The Kier molecular flexibility index (Phi) is 3.24. The Morgan fingerprint density at radius 2 is 1.84 bits per heavy atom. The lowest BCUT2D eigenvalue weighted by Gasteiger charge is -2.36. The molecule has 5 rings (SSSR count). The first-order chi connectivity index (χ1) is 12.2. The molecule has 3 aromatic rings. The van der Waals surface area contributed by atoms with Gasteiger partial charge in [-0.1, -0.05) is 48.0 Å². The fraction of sp³-hybridized carbons (Fsp3) is 0.318. The second kappa shape index (κ2) is 5.48. The zero-order valence-corrected chi connectivity index (χ0v) is 14.5. The summed E-state index contributed by atoms with van der Waals surface area (Å²) in [5, 5.41) is 1.30. The van der Waals surface area contributed by atoms with E-state index >= 15 is 0 Å². The van der Waals surface area contributed by atoms with Crippen LogP contribution < -0.4 is 0 Å². The molecular formula is C22H22N2O. The van der Waals surface area contributed by atoms with Gasteiger partial charge in [-0.05, 0) is 43.4 Å². The number of fused-ring (bicyclic) bond motifs is 3. The lowest BCUT2D eigenvalue weighted by atomic mass is 9.91. The Bertz CT molecular complexity index is 950. The minimum absolute atomic E-state index is 0.00449. The maximum atomic E-state index is 12.9. The van der Waals surface area contributed by atoms with Crippen LogP contribution >= 0.6 is 0 Å². The predicted molar refractivity (Wildman–Crippen MR) is 99.5 cm³/mol. The summed E-state index contributed by atoms with van der Waals surface area (Å²) in [6, 6.07) is 17.1. The SMILES string of the molecule is Cc1ccc([C@@H]2c3[nH]c4ccccc4c3CCN2C(=O)C2CC2)cc1. The smallest absolute Gasteiger partial charge is 0.226 e. The molecule has 0 spiro atoms. The fourth-order valence-electron chi connectivity index (χ4n) is 4.14. The van der Waals surface area contributed by atoms with Crippen LogP contribution in [-0.2, 0) is 11.2 Å². The first-order valence-corrected chi connectivity index (χ1v) is 9.19. The molecule has 1 aromatic heterocycles. The number of nitrogens with one attached hydrogen (secondary N) is 1. The average molecular weight is 330 g/mol. The summed E-state index contributed by atoms with van der Waals surface area (Å²) in [5.74, 6) is 0.578. The van der Waals surface area contributed by atoms with Crippen LogP contribution in [0.5, 0.6) is 0 Å². The molecule has 1 fully saturated rings. The number of carbonyl (C=O) groups is 1. The number of aromatic nitrogens is 1. The molecule has 1 amide bonds. The number of carbonyl (C=O) groups excluding carboxylic acids is 1. The normalized spacial score (nSPS) is 19.9. The molecule has 1 aliphatic carbocycles. The van der Waals surface area contributed by atoms with Gasteiger partial charge in [0.05, 0.1) is 6.04 Å². The summed E-state index contributed by atoms with van der Waals surface area (Å²) in [6.07, 6.45) is 3.03. The number of H-pyrrole nitrogens is 1.